The van der Waals surface area contributed by atoms with E-state index in [0.29, 0.717) is 19.0 Å². The fourth-order valence-corrected chi connectivity index (χ4v) is 4.45. The van der Waals surface area contributed by atoms with E-state index in [1.165, 1.54) is 17.0 Å². The Morgan fingerprint density at radius 3 is 2.56 bits per heavy atom. The number of carbonyl (C=O) groups is 1. The number of carbonyl (C=O) groups excluding carboxylic acids is 1. The van der Waals surface area contributed by atoms with Gasteiger partial charge in [0.25, 0.3) is 5.91 Å². The Morgan fingerprint density at radius 1 is 1.11 bits per heavy atom. The maximum Gasteiger partial charge on any atom is 0.259 e. The van der Waals surface area contributed by atoms with E-state index in [9.17, 15) is 9.90 Å². The molecule has 0 unspecified atom stereocenters. The Kier molecular flexibility index (Phi) is 4.97. The molecule has 27 heavy (non-hydrogen) atoms. The SMILES string of the molecule is O=C(c1c(O)c(Cl)cc(Cl)c1Cl)N1CCC(c2c[nH]c3ccccc23)CC1. The Labute approximate surface area is 171 Å². The average molecular weight is 424 g/mol. The molecule has 3 aromatic rings. The number of rotatable bonds is 2. The van der Waals surface area contributed by atoms with Crippen molar-refractivity contribution in [1.82, 2.24) is 9.88 Å². The highest BCUT2D eigenvalue weighted by Crippen LogP contribution is 2.40. The number of fused-ring (bicyclic) bond motifs is 1. The Balaban J connectivity index is 1.54. The van der Waals surface area contributed by atoms with Crippen LogP contribution in [0.4, 0.5) is 0 Å². The third-order valence-electron chi connectivity index (χ3n) is 5.20. The van der Waals surface area contributed by atoms with Gasteiger partial charge in [-0.25, -0.2) is 0 Å². The summed E-state index contributed by atoms with van der Waals surface area (Å²) in [5.74, 6) is -0.300. The van der Waals surface area contributed by atoms with Crippen LogP contribution in [0.5, 0.6) is 5.75 Å². The molecule has 4 rings (SSSR count). The van der Waals surface area contributed by atoms with E-state index >= 15 is 0 Å². The second kappa shape index (κ2) is 7.27. The summed E-state index contributed by atoms with van der Waals surface area (Å²) in [6, 6.07) is 9.55. The van der Waals surface area contributed by atoms with Gasteiger partial charge in [-0.3, -0.25) is 4.79 Å². The molecular formula is C20H17Cl3N2O2. The van der Waals surface area contributed by atoms with Crippen LogP contribution in [-0.2, 0) is 0 Å². The fourth-order valence-electron chi connectivity index (χ4n) is 3.76. The molecule has 1 aliphatic heterocycles. The zero-order chi connectivity index (χ0) is 19.1. The number of piperidine rings is 1. The van der Waals surface area contributed by atoms with Crippen LogP contribution in [0, 0.1) is 0 Å². The minimum Gasteiger partial charge on any atom is -0.505 e. The molecule has 1 saturated heterocycles. The number of likely N-dealkylation sites (tertiary alicyclic amines) is 1. The normalized spacial score (nSPS) is 15.4. The van der Waals surface area contributed by atoms with Crippen LogP contribution in [0.2, 0.25) is 15.1 Å². The smallest absolute Gasteiger partial charge is 0.259 e. The van der Waals surface area contributed by atoms with E-state index in [-0.39, 0.29) is 32.3 Å². The van der Waals surface area contributed by atoms with Crippen molar-refractivity contribution < 1.29 is 9.90 Å². The van der Waals surface area contributed by atoms with Crippen molar-refractivity contribution in [3.8, 4) is 5.75 Å². The molecule has 4 nitrogen and oxygen atoms in total. The van der Waals surface area contributed by atoms with Crippen LogP contribution in [0.15, 0.2) is 36.5 Å². The highest BCUT2D eigenvalue weighted by Gasteiger charge is 2.30. The molecule has 1 fully saturated rings. The van der Waals surface area contributed by atoms with Crippen molar-refractivity contribution in [3.05, 3.63) is 62.7 Å². The van der Waals surface area contributed by atoms with E-state index < -0.39 is 0 Å². The van der Waals surface area contributed by atoms with Gasteiger partial charge < -0.3 is 15.0 Å². The van der Waals surface area contributed by atoms with E-state index in [2.05, 4.69) is 23.3 Å². The minimum absolute atomic E-state index is 0.0152. The first-order valence-corrected chi connectivity index (χ1v) is 9.82. The number of aromatic amines is 1. The number of nitrogens with zero attached hydrogens (tertiary/aromatic N) is 1. The van der Waals surface area contributed by atoms with Gasteiger partial charge in [-0.05, 0) is 36.5 Å². The lowest BCUT2D eigenvalue weighted by Gasteiger charge is -2.32. The minimum atomic E-state index is -0.348. The monoisotopic (exact) mass is 422 g/mol. The van der Waals surface area contributed by atoms with Gasteiger partial charge in [0.1, 0.15) is 11.3 Å². The summed E-state index contributed by atoms with van der Waals surface area (Å²) < 4.78 is 0. The van der Waals surface area contributed by atoms with Crippen molar-refractivity contribution in [2.45, 2.75) is 18.8 Å². The number of benzene rings is 2. The van der Waals surface area contributed by atoms with Gasteiger partial charge >= 0.3 is 0 Å². The predicted octanol–water partition coefficient (Wildman–Crippen LogP) is 5.85. The van der Waals surface area contributed by atoms with Crippen LogP contribution < -0.4 is 0 Å². The fraction of sp³-hybridized carbons (Fsp3) is 0.250. The molecule has 0 saturated carbocycles. The Hall–Kier alpha value is -1.88. The predicted molar refractivity (Wildman–Crippen MR) is 109 cm³/mol. The lowest BCUT2D eigenvalue weighted by molar-refractivity contribution is 0.0710. The van der Waals surface area contributed by atoms with Crippen LogP contribution in [0.25, 0.3) is 10.9 Å². The highest BCUT2D eigenvalue weighted by atomic mass is 35.5. The summed E-state index contributed by atoms with van der Waals surface area (Å²) in [5, 5.41) is 11.6. The lowest BCUT2D eigenvalue weighted by Crippen LogP contribution is -2.38. The molecule has 7 heteroatoms. The number of para-hydroxylation sites is 1. The molecule has 0 radical (unpaired) electrons. The number of nitrogens with one attached hydrogen (secondary N) is 1. The zero-order valence-corrected chi connectivity index (χ0v) is 16.6. The van der Waals surface area contributed by atoms with Gasteiger partial charge in [0.05, 0.1) is 15.1 Å². The molecule has 0 bridgehead atoms. The van der Waals surface area contributed by atoms with Gasteiger partial charge in [-0.2, -0.15) is 0 Å². The van der Waals surface area contributed by atoms with Crippen LogP contribution in [0.1, 0.15) is 34.7 Å². The van der Waals surface area contributed by atoms with Gasteiger partial charge in [0, 0.05) is 30.2 Å². The van der Waals surface area contributed by atoms with E-state index in [1.807, 2.05) is 12.1 Å². The molecule has 2 aromatic carbocycles. The molecule has 2 heterocycles. The number of H-pyrrole nitrogens is 1. The second-order valence-electron chi connectivity index (χ2n) is 6.73. The summed E-state index contributed by atoms with van der Waals surface area (Å²) in [5.41, 5.74) is 2.38. The maximum atomic E-state index is 12.9. The Bertz CT molecular complexity index is 997. The largest absolute Gasteiger partial charge is 0.505 e. The average Bonchev–Trinajstić information content (AvgIpc) is 3.11. The molecule has 2 N–H and O–H groups in total. The van der Waals surface area contributed by atoms with Gasteiger partial charge in [-0.1, -0.05) is 53.0 Å². The van der Waals surface area contributed by atoms with Crippen LogP contribution in [-0.4, -0.2) is 34.0 Å². The topological polar surface area (TPSA) is 56.3 Å². The molecular weight excluding hydrogens is 407 g/mol. The number of amides is 1. The van der Waals surface area contributed by atoms with Crippen molar-refractivity contribution in [1.29, 1.82) is 0 Å². The summed E-state index contributed by atoms with van der Waals surface area (Å²) in [4.78, 5) is 17.9. The summed E-state index contributed by atoms with van der Waals surface area (Å²) in [7, 11) is 0. The standard InChI is InChI=1S/C20H17Cl3N2O2/c21-14-9-15(22)19(26)17(18(14)23)20(27)25-7-5-11(6-8-25)13-10-24-16-4-2-1-3-12(13)16/h1-4,9-11,24,26H,5-8H2. The van der Waals surface area contributed by atoms with Crippen molar-refractivity contribution in [3.63, 3.8) is 0 Å². The third kappa shape index (κ3) is 3.27. The number of hydrogen-bond acceptors (Lipinski definition) is 2. The third-order valence-corrected chi connectivity index (χ3v) is 6.28. The van der Waals surface area contributed by atoms with E-state index in [1.54, 1.807) is 4.90 Å². The maximum absolute atomic E-state index is 12.9. The number of hydrogen-bond donors (Lipinski definition) is 2. The molecule has 1 aliphatic rings. The molecule has 1 amide bonds. The van der Waals surface area contributed by atoms with Gasteiger partial charge in [0.15, 0.2) is 0 Å². The number of aromatic hydroxyl groups is 1. The van der Waals surface area contributed by atoms with Crippen molar-refractivity contribution in [2.24, 2.45) is 0 Å². The van der Waals surface area contributed by atoms with Crippen LogP contribution >= 0.6 is 34.8 Å². The highest BCUT2D eigenvalue weighted by molar-refractivity contribution is 6.45. The molecule has 1 aromatic heterocycles. The molecule has 0 spiro atoms. The molecule has 140 valence electrons. The first kappa shape index (κ1) is 18.5. The number of aromatic nitrogens is 1. The quantitative estimate of drug-likeness (QED) is 0.508. The zero-order valence-electron chi connectivity index (χ0n) is 14.3. The summed E-state index contributed by atoms with van der Waals surface area (Å²) in [6.45, 7) is 1.14. The molecule has 0 aliphatic carbocycles. The second-order valence-corrected chi connectivity index (χ2v) is 7.93. The van der Waals surface area contributed by atoms with E-state index in [0.717, 1.165) is 18.4 Å². The van der Waals surface area contributed by atoms with Gasteiger partial charge in [0.2, 0.25) is 0 Å². The Morgan fingerprint density at radius 2 is 1.81 bits per heavy atom. The summed E-state index contributed by atoms with van der Waals surface area (Å²) in [6.07, 6.45) is 3.73. The lowest BCUT2D eigenvalue weighted by atomic mass is 9.89. The molecule has 0 atom stereocenters. The van der Waals surface area contributed by atoms with E-state index in [4.69, 9.17) is 34.8 Å². The van der Waals surface area contributed by atoms with Crippen molar-refractivity contribution in [2.75, 3.05) is 13.1 Å². The number of halogens is 3. The van der Waals surface area contributed by atoms with Crippen LogP contribution in [0.3, 0.4) is 0 Å². The number of phenols is 1. The van der Waals surface area contributed by atoms with Crippen molar-refractivity contribution >= 4 is 51.6 Å². The first-order valence-electron chi connectivity index (χ1n) is 8.69. The van der Waals surface area contributed by atoms with Gasteiger partial charge in [-0.15, -0.1) is 0 Å². The first-order chi connectivity index (χ1) is 13.0. The summed E-state index contributed by atoms with van der Waals surface area (Å²) >= 11 is 18.1. The number of phenolic OH excluding ortho intramolecular Hbond substituents is 1.